The van der Waals surface area contributed by atoms with E-state index in [2.05, 4.69) is 10.5 Å². The third kappa shape index (κ3) is 5.47. The lowest BCUT2D eigenvalue weighted by atomic mass is 10.1. The van der Waals surface area contributed by atoms with Crippen LogP contribution in [-0.2, 0) is 4.79 Å². The van der Waals surface area contributed by atoms with Gasteiger partial charge in [-0.1, -0.05) is 6.07 Å². The predicted octanol–water partition coefficient (Wildman–Crippen LogP) is 3.48. The number of hydrazone groups is 1. The van der Waals surface area contributed by atoms with Crippen molar-refractivity contribution >= 4 is 17.7 Å². The second-order valence-electron chi connectivity index (χ2n) is 5.17. The monoisotopic (exact) mass is 312 g/mol. The molecule has 1 aromatic heterocycles. The van der Waals surface area contributed by atoms with Crippen LogP contribution in [0.15, 0.2) is 52.2 Å². The molecule has 0 radical (unpaired) electrons. The van der Waals surface area contributed by atoms with Gasteiger partial charge in [0.1, 0.15) is 11.5 Å². The molecule has 2 rings (SSSR count). The molecule has 2 aromatic rings. The first-order valence-corrected chi connectivity index (χ1v) is 7.29. The number of ether oxygens (including phenoxy) is 1. The number of nitrogens with one attached hydrogen (secondary N) is 1. The summed E-state index contributed by atoms with van der Waals surface area (Å²) in [6, 6.07) is 9.35. The molecule has 5 heteroatoms. The fraction of sp³-hybridized carbons (Fsp3) is 0.222. The number of furan rings is 1. The molecule has 0 aliphatic rings. The Labute approximate surface area is 135 Å². The van der Waals surface area contributed by atoms with E-state index in [9.17, 15) is 4.79 Å². The molecular weight excluding hydrogens is 292 g/mol. The van der Waals surface area contributed by atoms with Gasteiger partial charge in [-0.2, -0.15) is 5.10 Å². The highest BCUT2D eigenvalue weighted by atomic mass is 16.5. The van der Waals surface area contributed by atoms with E-state index in [4.69, 9.17) is 9.15 Å². The normalized spacial score (nSPS) is 11.7. The maximum atomic E-state index is 11.7. The lowest BCUT2D eigenvalue weighted by Gasteiger charge is -2.07. The SMILES string of the molecule is CC(C=Cc1ccco1)=NNC(=O)COc1ccc(C)c(C)c1. The first kappa shape index (κ1) is 16.5. The Morgan fingerprint density at radius 1 is 1.30 bits per heavy atom. The fourth-order valence-corrected chi connectivity index (χ4v) is 1.76. The summed E-state index contributed by atoms with van der Waals surface area (Å²) in [4.78, 5) is 11.7. The Kier molecular flexibility index (Phi) is 5.74. The summed E-state index contributed by atoms with van der Waals surface area (Å²) in [5, 5.41) is 3.98. The third-order valence-electron chi connectivity index (χ3n) is 3.24. The summed E-state index contributed by atoms with van der Waals surface area (Å²) in [6.07, 6.45) is 5.12. The number of amides is 1. The van der Waals surface area contributed by atoms with Crippen LogP contribution < -0.4 is 10.2 Å². The number of allylic oxidation sites excluding steroid dienone is 1. The summed E-state index contributed by atoms with van der Waals surface area (Å²) in [7, 11) is 0. The van der Waals surface area contributed by atoms with Crippen LogP contribution in [0.4, 0.5) is 0 Å². The Morgan fingerprint density at radius 2 is 2.13 bits per heavy atom. The van der Waals surface area contributed by atoms with Crippen LogP contribution in [0.25, 0.3) is 6.08 Å². The average molecular weight is 312 g/mol. The van der Waals surface area contributed by atoms with E-state index in [1.54, 1.807) is 31.4 Å². The number of rotatable bonds is 6. The highest BCUT2D eigenvalue weighted by molar-refractivity contribution is 5.96. The van der Waals surface area contributed by atoms with Crippen molar-refractivity contribution in [1.29, 1.82) is 0 Å². The fourth-order valence-electron chi connectivity index (χ4n) is 1.76. The molecule has 5 nitrogen and oxygen atoms in total. The largest absolute Gasteiger partial charge is 0.484 e. The van der Waals surface area contributed by atoms with Crippen LogP contribution in [0.3, 0.4) is 0 Å². The highest BCUT2D eigenvalue weighted by Crippen LogP contribution is 2.16. The second kappa shape index (κ2) is 7.98. The number of hydrogen-bond donors (Lipinski definition) is 1. The first-order valence-electron chi connectivity index (χ1n) is 7.29. The van der Waals surface area contributed by atoms with Crippen LogP contribution in [0.2, 0.25) is 0 Å². The summed E-state index contributed by atoms with van der Waals surface area (Å²) in [6.45, 7) is 5.73. The molecule has 0 fully saturated rings. The molecule has 0 saturated heterocycles. The third-order valence-corrected chi connectivity index (χ3v) is 3.24. The Morgan fingerprint density at radius 3 is 2.83 bits per heavy atom. The van der Waals surface area contributed by atoms with Crippen LogP contribution in [0, 0.1) is 13.8 Å². The van der Waals surface area contributed by atoms with Crippen LogP contribution in [-0.4, -0.2) is 18.2 Å². The van der Waals surface area contributed by atoms with Crippen molar-refractivity contribution in [3.05, 3.63) is 59.6 Å². The lowest BCUT2D eigenvalue weighted by molar-refractivity contribution is -0.123. The van der Waals surface area contributed by atoms with E-state index in [1.807, 2.05) is 38.1 Å². The van der Waals surface area contributed by atoms with Crippen LogP contribution in [0.5, 0.6) is 5.75 Å². The minimum Gasteiger partial charge on any atom is -0.484 e. The first-order chi connectivity index (χ1) is 11.0. The maximum absolute atomic E-state index is 11.7. The molecule has 0 aliphatic carbocycles. The number of hydrogen-bond acceptors (Lipinski definition) is 4. The van der Waals surface area contributed by atoms with Crippen molar-refractivity contribution in [2.75, 3.05) is 6.61 Å². The summed E-state index contributed by atoms with van der Waals surface area (Å²) in [5.74, 6) is 1.08. The molecule has 0 saturated carbocycles. The van der Waals surface area contributed by atoms with Gasteiger partial charge >= 0.3 is 0 Å². The van der Waals surface area contributed by atoms with Gasteiger partial charge in [0.2, 0.25) is 0 Å². The van der Waals surface area contributed by atoms with Gasteiger partial charge < -0.3 is 9.15 Å². The smallest absolute Gasteiger partial charge is 0.277 e. The van der Waals surface area contributed by atoms with Gasteiger partial charge in [-0.15, -0.1) is 0 Å². The topological polar surface area (TPSA) is 63.8 Å². The van der Waals surface area contributed by atoms with Crippen LogP contribution >= 0.6 is 0 Å². The number of benzene rings is 1. The highest BCUT2D eigenvalue weighted by Gasteiger charge is 2.03. The van der Waals surface area contributed by atoms with Gasteiger partial charge in [0.25, 0.3) is 5.91 Å². The Bertz CT molecular complexity index is 716. The van der Waals surface area contributed by atoms with Gasteiger partial charge in [-0.25, -0.2) is 5.43 Å². The van der Waals surface area contributed by atoms with Crippen molar-refractivity contribution in [1.82, 2.24) is 5.43 Å². The molecule has 0 aliphatic heterocycles. The molecule has 1 heterocycles. The van der Waals surface area contributed by atoms with E-state index < -0.39 is 0 Å². The molecule has 0 unspecified atom stereocenters. The average Bonchev–Trinajstić information content (AvgIpc) is 3.05. The van der Waals surface area contributed by atoms with Crippen molar-refractivity contribution in [2.45, 2.75) is 20.8 Å². The number of carbonyl (C=O) groups excluding carboxylic acids is 1. The standard InChI is InChI=1S/C18H20N2O3/c1-13-6-8-17(11-14(13)2)23-12-18(21)20-19-15(3)7-9-16-5-4-10-22-16/h4-11H,12H2,1-3H3,(H,20,21). The quantitative estimate of drug-likeness (QED) is 0.656. The minimum atomic E-state index is -0.311. The number of carbonyl (C=O) groups is 1. The summed E-state index contributed by atoms with van der Waals surface area (Å²) >= 11 is 0. The molecule has 1 aromatic carbocycles. The number of aryl methyl sites for hydroxylation is 2. The summed E-state index contributed by atoms with van der Waals surface area (Å²) in [5.41, 5.74) is 5.41. The molecule has 0 atom stereocenters. The van der Waals surface area contributed by atoms with Crippen LogP contribution in [0.1, 0.15) is 23.8 Å². The van der Waals surface area contributed by atoms with E-state index >= 15 is 0 Å². The Hall–Kier alpha value is -2.82. The molecular formula is C18H20N2O3. The zero-order valence-corrected chi connectivity index (χ0v) is 13.5. The van der Waals surface area contributed by atoms with Gasteiger partial charge in [-0.3, -0.25) is 4.79 Å². The maximum Gasteiger partial charge on any atom is 0.277 e. The molecule has 0 spiro atoms. The van der Waals surface area contributed by atoms with E-state index in [-0.39, 0.29) is 12.5 Å². The second-order valence-corrected chi connectivity index (χ2v) is 5.17. The molecule has 1 N–H and O–H groups in total. The van der Waals surface area contributed by atoms with Gasteiger partial charge in [0.05, 0.1) is 12.0 Å². The minimum absolute atomic E-state index is 0.0822. The summed E-state index contributed by atoms with van der Waals surface area (Å²) < 4.78 is 10.6. The van der Waals surface area contributed by atoms with Gasteiger partial charge in [0, 0.05) is 0 Å². The number of nitrogens with zero attached hydrogens (tertiary/aromatic N) is 1. The van der Waals surface area contributed by atoms with Gasteiger partial charge in [-0.05, 0) is 68.3 Å². The van der Waals surface area contributed by atoms with Crippen molar-refractivity contribution < 1.29 is 13.9 Å². The van der Waals surface area contributed by atoms with Gasteiger partial charge in [0.15, 0.2) is 6.61 Å². The Balaban J connectivity index is 1.80. The lowest BCUT2D eigenvalue weighted by Crippen LogP contribution is -2.25. The van der Waals surface area contributed by atoms with E-state index in [1.165, 1.54) is 5.56 Å². The van der Waals surface area contributed by atoms with E-state index in [0.717, 1.165) is 11.3 Å². The molecule has 120 valence electrons. The van der Waals surface area contributed by atoms with Crippen molar-refractivity contribution in [3.8, 4) is 5.75 Å². The zero-order chi connectivity index (χ0) is 16.7. The predicted molar refractivity (Wildman–Crippen MR) is 90.4 cm³/mol. The molecule has 23 heavy (non-hydrogen) atoms. The zero-order valence-electron chi connectivity index (χ0n) is 13.5. The van der Waals surface area contributed by atoms with E-state index in [0.29, 0.717) is 11.5 Å². The van der Waals surface area contributed by atoms with Crippen molar-refractivity contribution in [3.63, 3.8) is 0 Å². The molecule has 1 amide bonds. The van der Waals surface area contributed by atoms with Crippen molar-refractivity contribution in [2.24, 2.45) is 5.10 Å². The molecule has 0 bridgehead atoms.